The third kappa shape index (κ3) is 4.23. The Labute approximate surface area is 76.3 Å². The summed E-state index contributed by atoms with van der Waals surface area (Å²) in [6, 6.07) is 0. The largest absolute Gasteiger partial charge is 0.271 e. The molecule has 0 aliphatic heterocycles. The van der Waals surface area contributed by atoms with Crippen LogP contribution in [0.3, 0.4) is 0 Å². The van der Waals surface area contributed by atoms with Gasteiger partial charge in [-0.2, -0.15) is 8.42 Å². The topological polar surface area (TPSA) is 43.4 Å². The molecule has 0 saturated heterocycles. The number of rotatable bonds is 4. The van der Waals surface area contributed by atoms with Gasteiger partial charge in [-0.15, -0.1) is 0 Å². The van der Waals surface area contributed by atoms with Crippen molar-refractivity contribution in [3.63, 3.8) is 0 Å². The molecule has 5 heteroatoms. The van der Waals surface area contributed by atoms with E-state index < -0.39 is 18.2 Å². The molecule has 0 aliphatic rings. The Morgan fingerprint density at radius 2 is 1.75 bits per heavy atom. The molecular formula is C7H18O3SSi. The summed E-state index contributed by atoms with van der Waals surface area (Å²) in [6.45, 7) is 9.68. The summed E-state index contributed by atoms with van der Waals surface area (Å²) in [5.74, 6) is 0.0574. The van der Waals surface area contributed by atoms with E-state index >= 15 is 0 Å². The molecule has 0 saturated carbocycles. The SMILES string of the molecule is CCS(=O)(=O)OC(C)[Si](C)(C)C. The second kappa shape index (κ2) is 3.89. The van der Waals surface area contributed by atoms with Crippen molar-refractivity contribution in [2.45, 2.75) is 39.2 Å². The van der Waals surface area contributed by atoms with Crippen LogP contribution in [0.4, 0.5) is 0 Å². The van der Waals surface area contributed by atoms with E-state index in [-0.39, 0.29) is 11.5 Å². The first-order valence-corrected chi connectivity index (χ1v) is 9.25. The molecule has 0 rings (SSSR count). The van der Waals surface area contributed by atoms with E-state index in [0.29, 0.717) is 0 Å². The van der Waals surface area contributed by atoms with Crippen LogP contribution < -0.4 is 0 Å². The summed E-state index contributed by atoms with van der Waals surface area (Å²) in [5, 5.41) is 0. The molecule has 12 heavy (non-hydrogen) atoms. The smallest absolute Gasteiger partial charge is 0.266 e. The van der Waals surface area contributed by atoms with E-state index in [1.54, 1.807) is 6.92 Å². The van der Waals surface area contributed by atoms with Gasteiger partial charge in [0.05, 0.1) is 19.6 Å². The summed E-state index contributed by atoms with van der Waals surface area (Å²) in [4.78, 5) is 0. The molecule has 74 valence electrons. The van der Waals surface area contributed by atoms with Crippen LogP contribution in [0.25, 0.3) is 0 Å². The highest BCUT2D eigenvalue weighted by Gasteiger charge is 2.27. The van der Waals surface area contributed by atoms with Crippen molar-refractivity contribution in [2.75, 3.05) is 5.75 Å². The van der Waals surface area contributed by atoms with Gasteiger partial charge in [0.2, 0.25) is 0 Å². The minimum atomic E-state index is -3.27. The van der Waals surface area contributed by atoms with Gasteiger partial charge in [-0.1, -0.05) is 19.6 Å². The van der Waals surface area contributed by atoms with Crippen LogP contribution in [0.1, 0.15) is 13.8 Å². The van der Waals surface area contributed by atoms with Gasteiger partial charge in [-0.3, -0.25) is 4.18 Å². The molecule has 0 fully saturated rings. The lowest BCUT2D eigenvalue weighted by atomic mass is 10.9. The van der Waals surface area contributed by atoms with E-state index in [1.807, 2.05) is 6.92 Å². The lowest BCUT2D eigenvalue weighted by molar-refractivity contribution is 0.293. The minimum absolute atomic E-state index is 0.0574. The first-order chi connectivity index (χ1) is 5.19. The lowest BCUT2D eigenvalue weighted by Gasteiger charge is -2.24. The van der Waals surface area contributed by atoms with Gasteiger partial charge in [0, 0.05) is 0 Å². The molecule has 0 radical (unpaired) electrons. The lowest BCUT2D eigenvalue weighted by Crippen LogP contribution is -2.39. The van der Waals surface area contributed by atoms with Gasteiger partial charge in [0.1, 0.15) is 0 Å². The van der Waals surface area contributed by atoms with Crippen LogP contribution in [0.2, 0.25) is 19.6 Å². The second-order valence-corrected chi connectivity index (χ2v) is 11.4. The highest BCUT2D eigenvalue weighted by atomic mass is 32.2. The predicted octanol–water partition coefficient (Wildman–Crippen LogP) is 1.62. The third-order valence-electron chi connectivity index (χ3n) is 1.86. The first-order valence-electron chi connectivity index (χ1n) is 4.10. The maximum Gasteiger partial charge on any atom is 0.266 e. The molecule has 0 aromatic carbocycles. The van der Waals surface area contributed by atoms with Gasteiger partial charge in [-0.05, 0) is 13.8 Å². The molecule has 3 nitrogen and oxygen atoms in total. The van der Waals surface area contributed by atoms with Crippen LogP contribution >= 0.6 is 0 Å². The Morgan fingerprint density at radius 3 is 2.00 bits per heavy atom. The number of hydrogen-bond acceptors (Lipinski definition) is 3. The predicted molar refractivity (Wildman–Crippen MR) is 53.4 cm³/mol. The fourth-order valence-corrected chi connectivity index (χ4v) is 2.60. The summed E-state index contributed by atoms with van der Waals surface area (Å²) in [5.41, 5.74) is -0.137. The molecule has 1 atom stereocenters. The Morgan fingerprint density at radius 1 is 1.33 bits per heavy atom. The van der Waals surface area contributed by atoms with Gasteiger partial charge < -0.3 is 0 Å². The van der Waals surface area contributed by atoms with Crippen molar-refractivity contribution in [1.29, 1.82) is 0 Å². The molecule has 0 bridgehead atoms. The monoisotopic (exact) mass is 210 g/mol. The van der Waals surface area contributed by atoms with Crippen molar-refractivity contribution < 1.29 is 12.6 Å². The van der Waals surface area contributed by atoms with Gasteiger partial charge in [0.15, 0.2) is 0 Å². The molecule has 1 unspecified atom stereocenters. The fourth-order valence-electron chi connectivity index (χ4n) is 0.432. The fraction of sp³-hybridized carbons (Fsp3) is 1.00. The standard InChI is InChI=1S/C7H18O3SSi/c1-6-11(8,9)10-7(2)12(3,4)5/h7H,6H2,1-5H3. The van der Waals surface area contributed by atoms with Crippen LogP contribution in [0, 0.1) is 0 Å². The van der Waals surface area contributed by atoms with E-state index in [0.717, 1.165) is 0 Å². The Hall–Kier alpha value is 0.127. The molecular weight excluding hydrogens is 192 g/mol. The van der Waals surface area contributed by atoms with Gasteiger partial charge >= 0.3 is 0 Å². The molecule has 0 aromatic rings. The van der Waals surface area contributed by atoms with Gasteiger partial charge in [0.25, 0.3) is 10.1 Å². The average Bonchev–Trinajstić information content (AvgIpc) is 1.85. The summed E-state index contributed by atoms with van der Waals surface area (Å²) in [7, 11) is -4.76. The molecule has 0 N–H and O–H groups in total. The van der Waals surface area contributed by atoms with Crippen molar-refractivity contribution in [3.05, 3.63) is 0 Å². The quantitative estimate of drug-likeness (QED) is 0.523. The Balaban J connectivity index is 4.30. The summed E-state index contributed by atoms with van der Waals surface area (Å²) in [6.07, 6.45) is 0. The zero-order valence-electron chi connectivity index (χ0n) is 8.42. The molecule has 0 aromatic heterocycles. The summed E-state index contributed by atoms with van der Waals surface area (Å²) < 4.78 is 27.1. The highest BCUT2D eigenvalue weighted by Crippen LogP contribution is 2.13. The maximum absolute atomic E-state index is 11.1. The maximum atomic E-state index is 11.1. The van der Waals surface area contributed by atoms with E-state index in [2.05, 4.69) is 19.6 Å². The Bertz CT molecular complexity index is 228. The van der Waals surface area contributed by atoms with Gasteiger partial charge in [-0.25, -0.2) is 0 Å². The van der Waals surface area contributed by atoms with E-state index in [9.17, 15) is 8.42 Å². The van der Waals surface area contributed by atoms with Crippen LogP contribution in [0.15, 0.2) is 0 Å². The molecule has 0 aliphatic carbocycles. The van der Waals surface area contributed by atoms with Crippen LogP contribution in [-0.4, -0.2) is 28.0 Å². The molecule has 0 spiro atoms. The first kappa shape index (κ1) is 12.1. The average molecular weight is 210 g/mol. The summed E-state index contributed by atoms with van der Waals surface area (Å²) >= 11 is 0. The van der Waals surface area contributed by atoms with Crippen LogP contribution in [-0.2, 0) is 14.3 Å². The number of hydrogen-bond donors (Lipinski definition) is 0. The third-order valence-corrected chi connectivity index (χ3v) is 5.88. The van der Waals surface area contributed by atoms with Crippen molar-refractivity contribution >= 4 is 18.2 Å². The van der Waals surface area contributed by atoms with E-state index in [4.69, 9.17) is 4.18 Å². The van der Waals surface area contributed by atoms with E-state index in [1.165, 1.54) is 0 Å². The van der Waals surface area contributed by atoms with Crippen molar-refractivity contribution in [3.8, 4) is 0 Å². The molecule has 0 heterocycles. The zero-order valence-corrected chi connectivity index (χ0v) is 10.2. The van der Waals surface area contributed by atoms with Crippen molar-refractivity contribution in [2.24, 2.45) is 0 Å². The minimum Gasteiger partial charge on any atom is -0.271 e. The Kier molecular flexibility index (Phi) is 3.93. The second-order valence-electron chi connectivity index (χ2n) is 3.95. The van der Waals surface area contributed by atoms with Crippen molar-refractivity contribution in [1.82, 2.24) is 0 Å². The highest BCUT2D eigenvalue weighted by molar-refractivity contribution is 7.86. The zero-order chi connectivity index (χ0) is 9.99. The molecule has 0 amide bonds. The normalized spacial score (nSPS) is 16.1. The van der Waals surface area contributed by atoms with Crippen LogP contribution in [0.5, 0.6) is 0 Å².